The van der Waals surface area contributed by atoms with Crippen LogP contribution in [0.15, 0.2) is 23.4 Å². The van der Waals surface area contributed by atoms with E-state index in [9.17, 15) is 0 Å². The first kappa shape index (κ1) is 10.8. The summed E-state index contributed by atoms with van der Waals surface area (Å²) in [6.07, 6.45) is 9.25. The van der Waals surface area contributed by atoms with Gasteiger partial charge >= 0.3 is 0 Å². The number of allylic oxidation sites excluding steroid dienone is 3. The Kier molecular flexibility index (Phi) is 3.54. The molecule has 0 aromatic heterocycles. The number of hydrogen-bond donors (Lipinski definition) is 0. The van der Waals surface area contributed by atoms with Gasteiger partial charge in [-0.05, 0) is 25.7 Å². The van der Waals surface area contributed by atoms with E-state index in [2.05, 4.69) is 32.3 Å². The lowest BCUT2D eigenvalue weighted by molar-refractivity contribution is 0.599. The lowest BCUT2D eigenvalue weighted by Gasteiger charge is -2.20. The molecule has 0 heterocycles. The van der Waals surface area contributed by atoms with Crippen LogP contribution < -0.4 is 0 Å². The first-order chi connectivity index (χ1) is 6.00. The van der Waals surface area contributed by atoms with Gasteiger partial charge in [-0.15, -0.1) is 0 Å². The van der Waals surface area contributed by atoms with Gasteiger partial charge in [-0.1, -0.05) is 49.5 Å². The van der Waals surface area contributed by atoms with Gasteiger partial charge in [0, 0.05) is 0 Å². The Hall–Kier alpha value is -0.303. The van der Waals surface area contributed by atoms with Gasteiger partial charge < -0.3 is 0 Å². The summed E-state index contributed by atoms with van der Waals surface area (Å²) in [5, 5.41) is 1.42. The largest absolute Gasteiger partial charge is 0.0998 e. The molecule has 1 rings (SSSR count). The number of rotatable bonds is 2. The summed E-state index contributed by atoms with van der Waals surface area (Å²) in [5.74, 6) is 0. The Morgan fingerprint density at radius 1 is 1.15 bits per heavy atom. The lowest BCUT2D eigenvalue weighted by Crippen LogP contribution is -2.22. The van der Waals surface area contributed by atoms with Crippen LogP contribution in [0.3, 0.4) is 0 Å². The number of hydrogen-bond acceptors (Lipinski definition) is 0. The Balaban J connectivity index is 2.59. The molecule has 1 saturated carbocycles. The minimum Gasteiger partial charge on any atom is -0.0998 e. The highest BCUT2D eigenvalue weighted by molar-refractivity contribution is 6.83. The van der Waals surface area contributed by atoms with Crippen molar-refractivity contribution in [3.05, 3.63) is 23.4 Å². The fourth-order valence-electron chi connectivity index (χ4n) is 1.61. The molecule has 1 aliphatic carbocycles. The smallest absolute Gasteiger partial charge is 0.0768 e. The van der Waals surface area contributed by atoms with Crippen molar-refractivity contribution in [3.63, 3.8) is 0 Å². The molecule has 0 saturated heterocycles. The third-order valence-corrected chi connectivity index (χ3v) is 4.91. The summed E-state index contributed by atoms with van der Waals surface area (Å²) in [7, 11) is -1.12. The SMILES string of the molecule is C=C(C=C1CCCCC1)[Si](C)(C)C. The Labute approximate surface area is 83.7 Å². The van der Waals surface area contributed by atoms with Crippen molar-refractivity contribution >= 4 is 8.07 Å². The van der Waals surface area contributed by atoms with Gasteiger partial charge in [-0.2, -0.15) is 0 Å². The van der Waals surface area contributed by atoms with E-state index in [4.69, 9.17) is 0 Å². The molecule has 13 heavy (non-hydrogen) atoms. The third kappa shape index (κ3) is 3.51. The van der Waals surface area contributed by atoms with Crippen LogP contribution in [-0.4, -0.2) is 8.07 Å². The van der Waals surface area contributed by atoms with Crippen molar-refractivity contribution < 1.29 is 0 Å². The monoisotopic (exact) mass is 194 g/mol. The highest BCUT2D eigenvalue weighted by Gasteiger charge is 2.16. The summed E-state index contributed by atoms with van der Waals surface area (Å²) in [6.45, 7) is 11.3. The molecule has 0 N–H and O–H groups in total. The van der Waals surface area contributed by atoms with Gasteiger partial charge in [0.2, 0.25) is 0 Å². The predicted molar refractivity (Wildman–Crippen MR) is 63.7 cm³/mol. The summed E-state index contributed by atoms with van der Waals surface area (Å²) in [6, 6.07) is 0. The summed E-state index contributed by atoms with van der Waals surface area (Å²) >= 11 is 0. The first-order valence-electron chi connectivity index (χ1n) is 5.39. The molecule has 0 spiro atoms. The standard InChI is InChI=1S/C12H22Si/c1-11(13(2,3)4)10-12-8-6-5-7-9-12/h10H,1,5-9H2,2-4H3. The lowest BCUT2D eigenvalue weighted by atomic mass is 9.95. The fourth-order valence-corrected chi connectivity index (χ4v) is 2.25. The van der Waals surface area contributed by atoms with Crippen LogP contribution in [0.2, 0.25) is 19.6 Å². The summed E-state index contributed by atoms with van der Waals surface area (Å²) in [5.41, 5.74) is 1.65. The van der Waals surface area contributed by atoms with Gasteiger partial charge in [0.25, 0.3) is 0 Å². The highest BCUT2D eigenvalue weighted by atomic mass is 28.3. The van der Waals surface area contributed by atoms with E-state index in [-0.39, 0.29) is 0 Å². The molecule has 0 aromatic carbocycles. The van der Waals surface area contributed by atoms with Crippen molar-refractivity contribution in [2.45, 2.75) is 51.7 Å². The van der Waals surface area contributed by atoms with E-state index >= 15 is 0 Å². The van der Waals surface area contributed by atoms with Gasteiger partial charge in [0.15, 0.2) is 0 Å². The maximum atomic E-state index is 4.21. The normalized spacial score (nSPS) is 18.5. The fraction of sp³-hybridized carbons (Fsp3) is 0.667. The minimum absolute atomic E-state index is 1.12. The summed E-state index contributed by atoms with van der Waals surface area (Å²) in [4.78, 5) is 0. The summed E-state index contributed by atoms with van der Waals surface area (Å²) < 4.78 is 0. The van der Waals surface area contributed by atoms with Crippen molar-refractivity contribution in [1.82, 2.24) is 0 Å². The van der Waals surface area contributed by atoms with Crippen LogP contribution in [0.4, 0.5) is 0 Å². The molecule has 0 nitrogen and oxygen atoms in total. The van der Waals surface area contributed by atoms with Gasteiger partial charge in [-0.25, -0.2) is 0 Å². The third-order valence-electron chi connectivity index (χ3n) is 2.84. The molecule has 1 heteroatoms. The van der Waals surface area contributed by atoms with Crippen LogP contribution in [0, 0.1) is 0 Å². The van der Waals surface area contributed by atoms with Crippen molar-refractivity contribution in [2.75, 3.05) is 0 Å². The molecule has 0 unspecified atom stereocenters. The molecule has 0 radical (unpaired) electrons. The van der Waals surface area contributed by atoms with E-state index in [0.29, 0.717) is 0 Å². The molecule has 74 valence electrons. The van der Waals surface area contributed by atoms with Crippen LogP contribution >= 0.6 is 0 Å². The quantitative estimate of drug-likeness (QED) is 0.575. The van der Waals surface area contributed by atoms with Crippen LogP contribution in [-0.2, 0) is 0 Å². The van der Waals surface area contributed by atoms with E-state index in [0.717, 1.165) is 0 Å². The molecule has 0 aliphatic heterocycles. The van der Waals surface area contributed by atoms with Crippen LogP contribution in [0.25, 0.3) is 0 Å². The van der Waals surface area contributed by atoms with Gasteiger partial charge in [-0.3, -0.25) is 0 Å². The average molecular weight is 194 g/mol. The Morgan fingerprint density at radius 3 is 2.15 bits per heavy atom. The second-order valence-electron chi connectivity index (χ2n) is 5.14. The minimum atomic E-state index is -1.12. The first-order valence-corrected chi connectivity index (χ1v) is 8.89. The van der Waals surface area contributed by atoms with Crippen molar-refractivity contribution in [2.24, 2.45) is 0 Å². The topological polar surface area (TPSA) is 0 Å². The molecular formula is C12H22Si. The maximum Gasteiger partial charge on any atom is 0.0768 e. The van der Waals surface area contributed by atoms with E-state index in [1.165, 1.54) is 37.3 Å². The molecule has 0 amide bonds. The van der Waals surface area contributed by atoms with Crippen LogP contribution in [0.1, 0.15) is 32.1 Å². The highest BCUT2D eigenvalue weighted by Crippen LogP contribution is 2.25. The molecule has 0 aromatic rings. The molecule has 1 fully saturated rings. The van der Waals surface area contributed by atoms with Crippen molar-refractivity contribution in [1.29, 1.82) is 0 Å². The zero-order valence-corrected chi connectivity index (χ0v) is 10.3. The Morgan fingerprint density at radius 2 is 1.69 bits per heavy atom. The van der Waals surface area contributed by atoms with Gasteiger partial charge in [0.05, 0.1) is 8.07 Å². The second kappa shape index (κ2) is 4.27. The second-order valence-corrected chi connectivity index (χ2v) is 10.3. The zero-order valence-electron chi connectivity index (χ0n) is 9.32. The molecule has 0 bridgehead atoms. The zero-order chi connectivity index (χ0) is 9.90. The Bertz CT molecular complexity index is 210. The van der Waals surface area contributed by atoms with E-state index in [1.807, 2.05) is 0 Å². The van der Waals surface area contributed by atoms with Crippen molar-refractivity contribution in [3.8, 4) is 0 Å². The molecule has 0 atom stereocenters. The molecular weight excluding hydrogens is 172 g/mol. The maximum absolute atomic E-state index is 4.21. The van der Waals surface area contributed by atoms with Crippen LogP contribution in [0.5, 0.6) is 0 Å². The van der Waals surface area contributed by atoms with E-state index in [1.54, 1.807) is 5.57 Å². The van der Waals surface area contributed by atoms with Gasteiger partial charge in [0.1, 0.15) is 0 Å². The average Bonchev–Trinajstić information content (AvgIpc) is 2.04. The van der Waals surface area contributed by atoms with E-state index < -0.39 is 8.07 Å². The molecule has 1 aliphatic rings. The predicted octanol–water partition coefficient (Wildman–Crippen LogP) is 4.31.